The molecule has 2 aromatic carbocycles. The summed E-state index contributed by atoms with van der Waals surface area (Å²) in [6.45, 7) is 0. The minimum Gasteiger partial charge on any atom is -0.465 e. The molecule has 4 aromatic rings. The van der Waals surface area contributed by atoms with Gasteiger partial charge in [0.05, 0.1) is 25.6 Å². The lowest BCUT2D eigenvalue weighted by Crippen LogP contribution is -2.15. The standard InChI is InChI=1S/C22H17FN4O4/c1-30-21(28)18-19(16-13-14(23)9-10-17(16)26-12-6-11-24-26)25-27(20(18)22(29)31-2)15-7-4-3-5-8-15/h3-13H,1-2H3. The lowest BCUT2D eigenvalue weighted by molar-refractivity contribution is 0.0549. The van der Waals surface area contributed by atoms with E-state index in [0.717, 1.165) is 0 Å². The van der Waals surface area contributed by atoms with Gasteiger partial charge in [0.15, 0.2) is 5.69 Å². The molecule has 156 valence electrons. The van der Waals surface area contributed by atoms with E-state index in [9.17, 15) is 14.0 Å². The molecule has 8 nitrogen and oxygen atoms in total. The van der Waals surface area contributed by atoms with Crippen LogP contribution in [0, 0.1) is 5.82 Å². The zero-order valence-electron chi connectivity index (χ0n) is 16.7. The molecule has 0 unspecified atom stereocenters. The van der Waals surface area contributed by atoms with Gasteiger partial charge in [0.1, 0.15) is 17.1 Å². The summed E-state index contributed by atoms with van der Waals surface area (Å²) in [5.41, 5.74) is 1.01. The van der Waals surface area contributed by atoms with Gasteiger partial charge in [0.2, 0.25) is 0 Å². The number of nitrogens with zero attached hydrogens (tertiary/aromatic N) is 4. The van der Waals surface area contributed by atoms with E-state index < -0.39 is 17.8 Å². The highest BCUT2D eigenvalue weighted by molar-refractivity contribution is 6.07. The number of hydrogen-bond donors (Lipinski definition) is 0. The predicted octanol–water partition coefficient (Wildman–Crippen LogP) is 3.44. The van der Waals surface area contributed by atoms with Crippen LogP contribution in [0.5, 0.6) is 0 Å². The molecule has 2 heterocycles. The number of halogens is 1. The van der Waals surface area contributed by atoms with E-state index in [4.69, 9.17) is 9.47 Å². The van der Waals surface area contributed by atoms with Gasteiger partial charge in [-0.15, -0.1) is 0 Å². The first kappa shape index (κ1) is 20.0. The predicted molar refractivity (Wildman–Crippen MR) is 109 cm³/mol. The Morgan fingerprint density at radius 2 is 1.71 bits per heavy atom. The minimum absolute atomic E-state index is 0.0566. The first-order valence-corrected chi connectivity index (χ1v) is 9.20. The molecule has 9 heteroatoms. The normalized spacial score (nSPS) is 10.7. The lowest BCUT2D eigenvalue weighted by atomic mass is 10.0. The van der Waals surface area contributed by atoms with Gasteiger partial charge < -0.3 is 9.47 Å². The summed E-state index contributed by atoms with van der Waals surface area (Å²) in [6.07, 6.45) is 3.24. The Bertz CT molecular complexity index is 1250. The van der Waals surface area contributed by atoms with Crippen LogP contribution in [-0.2, 0) is 9.47 Å². The first-order chi connectivity index (χ1) is 15.0. The van der Waals surface area contributed by atoms with Crippen molar-refractivity contribution in [1.29, 1.82) is 0 Å². The second kappa shape index (κ2) is 8.23. The Hall–Kier alpha value is -4.27. The van der Waals surface area contributed by atoms with Crippen molar-refractivity contribution >= 4 is 11.9 Å². The molecule has 0 aliphatic carbocycles. The molecule has 0 atom stereocenters. The summed E-state index contributed by atoms with van der Waals surface area (Å²) in [5, 5.41) is 8.70. The third-order valence-corrected chi connectivity index (χ3v) is 4.62. The van der Waals surface area contributed by atoms with Crippen LogP contribution in [0.3, 0.4) is 0 Å². The number of aromatic nitrogens is 4. The highest BCUT2D eigenvalue weighted by Gasteiger charge is 2.32. The van der Waals surface area contributed by atoms with Crippen molar-refractivity contribution in [3.63, 3.8) is 0 Å². The Morgan fingerprint density at radius 1 is 0.968 bits per heavy atom. The van der Waals surface area contributed by atoms with Crippen molar-refractivity contribution in [1.82, 2.24) is 19.6 Å². The summed E-state index contributed by atoms with van der Waals surface area (Å²) in [7, 11) is 2.38. The van der Waals surface area contributed by atoms with Crippen LogP contribution in [-0.4, -0.2) is 45.7 Å². The van der Waals surface area contributed by atoms with Crippen LogP contribution in [0.15, 0.2) is 67.0 Å². The van der Waals surface area contributed by atoms with E-state index in [1.54, 1.807) is 48.8 Å². The average molecular weight is 420 g/mol. The molecule has 2 aromatic heterocycles. The highest BCUT2D eigenvalue weighted by Crippen LogP contribution is 2.33. The summed E-state index contributed by atoms with van der Waals surface area (Å²) in [4.78, 5) is 25.5. The Kier molecular flexibility index (Phi) is 5.31. The quantitative estimate of drug-likeness (QED) is 0.460. The number of esters is 2. The van der Waals surface area contributed by atoms with Crippen LogP contribution >= 0.6 is 0 Å². The smallest absolute Gasteiger partial charge is 0.357 e. The summed E-state index contributed by atoms with van der Waals surface area (Å²) >= 11 is 0. The van der Waals surface area contributed by atoms with Gasteiger partial charge in [-0.3, -0.25) is 0 Å². The van der Waals surface area contributed by atoms with Crippen LogP contribution < -0.4 is 0 Å². The fourth-order valence-corrected chi connectivity index (χ4v) is 3.25. The Balaban J connectivity index is 2.09. The first-order valence-electron chi connectivity index (χ1n) is 9.20. The van der Waals surface area contributed by atoms with Crippen molar-refractivity contribution in [2.45, 2.75) is 0 Å². The number of ether oxygens (including phenoxy) is 2. The van der Waals surface area contributed by atoms with Gasteiger partial charge in [-0.05, 0) is 36.4 Å². The molecule has 0 bridgehead atoms. The van der Waals surface area contributed by atoms with Gasteiger partial charge >= 0.3 is 11.9 Å². The van der Waals surface area contributed by atoms with E-state index in [1.807, 2.05) is 0 Å². The van der Waals surface area contributed by atoms with Crippen molar-refractivity contribution in [3.8, 4) is 22.6 Å². The zero-order chi connectivity index (χ0) is 22.0. The molecule has 0 radical (unpaired) electrons. The number of carbonyl (C=O) groups is 2. The fraction of sp³-hybridized carbons (Fsp3) is 0.0909. The third-order valence-electron chi connectivity index (χ3n) is 4.62. The molecule has 0 saturated carbocycles. The van der Waals surface area contributed by atoms with Crippen LogP contribution in [0.2, 0.25) is 0 Å². The SMILES string of the molecule is COC(=O)c1c(-c2cc(F)ccc2-n2cccn2)nn(-c2ccccc2)c1C(=O)OC. The number of para-hydroxylation sites is 1. The number of carbonyl (C=O) groups excluding carboxylic acids is 2. The molecule has 0 N–H and O–H groups in total. The molecule has 0 aliphatic rings. The van der Waals surface area contributed by atoms with Crippen LogP contribution in [0.25, 0.3) is 22.6 Å². The highest BCUT2D eigenvalue weighted by atomic mass is 19.1. The monoisotopic (exact) mass is 420 g/mol. The molecule has 4 rings (SSSR count). The second-order valence-electron chi connectivity index (χ2n) is 6.41. The summed E-state index contributed by atoms with van der Waals surface area (Å²) in [6, 6.07) is 14.5. The third kappa shape index (κ3) is 3.57. The van der Waals surface area contributed by atoms with Crippen LogP contribution in [0.1, 0.15) is 20.8 Å². The maximum absolute atomic E-state index is 14.3. The number of rotatable bonds is 5. The van der Waals surface area contributed by atoms with Gasteiger partial charge in [-0.1, -0.05) is 18.2 Å². The maximum atomic E-state index is 14.3. The molecule has 0 saturated heterocycles. The number of benzene rings is 2. The summed E-state index contributed by atoms with van der Waals surface area (Å²) in [5.74, 6) is -2.15. The molecule has 0 fully saturated rings. The van der Waals surface area contributed by atoms with E-state index in [2.05, 4.69) is 10.2 Å². The zero-order valence-corrected chi connectivity index (χ0v) is 16.7. The minimum atomic E-state index is -0.812. The van der Waals surface area contributed by atoms with Crippen molar-refractivity contribution in [3.05, 3.63) is 84.1 Å². The van der Waals surface area contributed by atoms with Gasteiger partial charge in [0.25, 0.3) is 0 Å². The van der Waals surface area contributed by atoms with Crippen LogP contribution in [0.4, 0.5) is 4.39 Å². The van der Waals surface area contributed by atoms with Gasteiger partial charge in [-0.2, -0.15) is 10.2 Å². The van der Waals surface area contributed by atoms with Crippen molar-refractivity contribution in [2.24, 2.45) is 0 Å². The molecular weight excluding hydrogens is 403 g/mol. The lowest BCUT2D eigenvalue weighted by Gasteiger charge is -2.09. The molecule has 0 spiro atoms. The molecule has 0 aliphatic heterocycles. The summed E-state index contributed by atoms with van der Waals surface area (Å²) < 4.78 is 26.9. The average Bonchev–Trinajstić information content (AvgIpc) is 3.47. The Morgan fingerprint density at radius 3 is 2.35 bits per heavy atom. The van der Waals surface area contributed by atoms with Crippen molar-refractivity contribution < 1.29 is 23.5 Å². The van der Waals surface area contributed by atoms with Crippen molar-refractivity contribution in [2.75, 3.05) is 14.2 Å². The number of methoxy groups -OCH3 is 2. The second-order valence-corrected chi connectivity index (χ2v) is 6.41. The largest absolute Gasteiger partial charge is 0.465 e. The Labute approximate surface area is 176 Å². The van der Waals surface area contributed by atoms with E-state index in [-0.39, 0.29) is 22.5 Å². The fourth-order valence-electron chi connectivity index (χ4n) is 3.25. The maximum Gasteiger partial charge on any atom is 0.357 e. The van der Waals surface area contributed by atoms with E-state index in [0.29, 0.717) is 11.4 Å². The van der Waals surface area contributed by atoms with Gasteiger partial charge in [-0.25, -0.2) is 23.3 Å². The van der Waals surface area contributed by atoms with E-state index in [1.165, 1.54) is 41.8 Å². The molecular formula is C22H17FN4O4. The van der Waals surface area contributed by atoms with E-state index >= 15 is 0 Å². The topological polar surface area (TPSA) is 88.2 Å². The number of hydrogen-bond acceptors (Lipinski definition) is 6. The van der Waals surface area contributed by atoms with Gasteiger partial charge in [0, 0.05) is 18.0 Å². The molecule has 31 heavy (non-hydrogen) atoms. The molecule has 0 amide bonds.